The SMILES string of the molecule is O=C(NCC1(C(=O)O)CC(C2CC2)C1)OCC1c2ccccc2-c2ccccc21. The summed E-state index contributed by atoms with van der Waals surface area (Å²) >= 11 is 0. The lowest BCUT2D eigenvalue weighted by atomic mass is 9.60. The van der Waals surface area contributed by atoms with Crippen LogP contribution in [0.3, 0.4) is 0 Å². The van der Waals surface area contributed by atoms with Crippen LogP contribution in [-0.4, -0.2) is 30.3 Å². The van der Waals surface area contributed by atoms with Crippen molar-refractivity contribution in [2.75, 3.05) is 13.2 Å². The Morgan fingerprint density at radius 3 is 2.10 bits per heavy atom. The monoisotopic (exact) mass is 391 g/mol. The van der Waals surface area contributed by atoms with E-state index >= 15 is 0 Å². The second-order valence-electron chi connectivity index (χ2n) is 8.77. The topological polar surface area (TPSA) is 75.6 Å². The van der Waals surface area contributed by atoms with Gasteiger partial charge >= 0.3 is 12.1 Å². The van der Waals surface area contributed by atoms with Crippen molar-refractivity contribution in [2.24, 2.45) is 17.3 Å². The number of nitrogens with one attached hydrogen (secondary N) is 1. The number of carbonyl (C=O) groups is 2. The average molecular weight is 391 g/mol. The fraction of sp³-hybridized carbons (Fsp3) is 0.417. The van der Waals surface area contributed by atoms with Gasteiger partial charge in [-0.3, -0.25) is 4.79 Å². The van der Waals surface area contributed by atoms with Crippen molar-refractivity contribution in [3.8, 4) is 11.1 Å². The smallest absolute Gasteiger partial charge is 0.407 e. The molecular formula is C24H25NO4. The molecule has 0 heterocycles. The Bertz CT molecular complexity index is 913. The van der Waals surface area contributed by atoms with Gasteiger partial charge in [-0.25, -0.2) is 4.79 Å². The van der Waals surface area contributed by atoms with Crippen molar-refractivity contribution in [3.05, 3.63) is 59.7 Å². The van der Waals surface area contributed by atoms with E-state index in [1.54, 1.807) is 0 Å². The van der Waals surface area contributed by atoms with Crippen molar-refractivity contribution < 1.29 is 19.4 Å². The average Bonchev–Trinajstić information content (AvgIpc) is 3.48. The number of aliphatic carboxylic acids is 1. The van der Waals surface area contributed by atoms with Gasteiger partial charge < -0.3 is 15.2 Å². The van der Waals surface area contributed by atoms with Crippen LogP contribution in [0.5, 0.6) is 0 Å². The molecule has 0 saturated heterocycles. The van der Waals surface area contributed by atoms with Gasteiger partial charge in [0.15, 0.2) is 0 Å². The molecule has 0 bridgehead atoms. The molecule has 5 rings (SSSR count). The minimum Gasteiger partial charge on any atom is -0.481 e. The Hall–Kier alpha value is -2.82. The Kier molecular flexibility index (Phi) is 4.34. The fourth-order valence-electron chi connectivity index (χ4n) is 5.13. The molecule has 1 amide bonds. The molecule has 5 heteroatoms. The van der Waals surface area contributed by atoms with Gasteiger partial charge in [-0.1, -0.05) is 48.5 Å². The molecular weight excluding hydrogens is 366 g/mol. The molecule has 0 aromatic heterocycles. The summed E-state index contributed by atoms with van der Waals surface area (Å²) in [5.41, 5.74) is 3.87. The van der Waals surface area contributed by atoms with E-state index in [1.165, 1.54) is 24.0 Å². The Morgan fingerprint density at radius 1 is 0.966 bits per heavy atom. The van der Waals surface area contributed by atoms with E-state index in [9.17, 15) is 14.7 Å². The standard InChI is InChI=1S/C24H25NO4/c26-22(27)24(11-16(12-24)15-9-10-15)14-25-23(28)29-13-21-19-7-3-1-5-17(19)18-6-2-4-8-20(18)21/h1-8,15-16,21H,9-14H2,(H,25,28)(H,26,27). The van der Waals surface area contributed by atoms with Gasteiger partial charge in [0.25, 0.3) is 0 Å². The Labute approximate surface area is 170 Å². The van der Waals surface area contributed by atoms with E-state index in [2.05, 4.69) is 29.6 Å². The molecule has 29 heavy (non-hydrogen) atoms. The molecule has 0 atom stereocenters. The van der Waals surface area contributed by atoms with Crippen LogP contribution in [0.4, 0.5) is 4.79 Å². The highest BCUT2D eigenvalue weighted by Crippen LogP contribution is 2.55. The second kappa shape index (κ2) is 6.90. The zero-order valence-corrected chi connectivity index (χ0v) is 16.3. The van der Waals surface area contributed by atoms with Crippen LogP contribution < -0.4 is 5.32 Å². The molecule has 2 aromatic rings. The van der Waals surface area contributed by atoms with Crippen LogP contribution in [-0.2, 0) is 9.53 Å². The number of carboxylic acids is 1. The summed E-state index contributed by atoms with van der Waals surface area (Å²) in [6.07, 6.45) is 3.23. The van der Waals surface area contributed by atoms with E-state index in [-0.39, 0.29) is 19.1 Å². The van der Waals surface area contributed by atoms with Crippen molar-refractivity contribution in [1.82, 2.24) is 5.32 Å². The first-order valence-corrected chi connectivity index (χ1v) is 10.4. The van der Waals surface area contributed by atoms with E-state index in [0.29, 0.717) is 24.7 Å². The van der Waals surface area contributed by atoms with Gasteiger partial charge in [-0.2, -0.15) is 0 Å². The van der Waals surface area contributed by atoms with Crippen LogP contribution in [0.15, 0.2) is 48.5 Å². The van der Waals surface area contributed by atoms with Crippen LogP contribution in [0.25, 0.3) is 11.1 Å². The van der Waals surface area contributed by atoms with E-state index in [0.717, 1.165) is 11.1 Å². The summed E-state index contributed by atoms with van der Waals surface area (Å²) in [5.74, 6) is 0.408. The van der Waals surface area contributed by atoms with Crippen molar-refractivity contribution in [3.63, 3.8) is 0 Å². The minimum atomic E-state index is -0.821. The summed E-state index contributed by atoms with van der Waals surface area (Å²) in [5, 5.41) is 12.4. The number of hydrogen-bond donors (Lipinski definition) is 2. The van der Waals surface area contributed by atoms with Crippen LogP contribution in [0, 0.1) is 17.3 Å². The molecule has 0 aliphatic heterocycles. The highest BCUT2D eigenvalue weighted by molar-refractivity contribution is 5.79. The first kappa shape index (κ1) is 18.2. The minimum absolute atomic E-state index is 0.00420. The normalized spacial score (nSPS) is 24.9. The predicted molar refractivity (Wildman–Crippen MR) is 109 cm³/mol. The summed E-state index contributed by atoms with van der Waals surface area (Å²) in [4.78, 5) is 24.1. The highest BCUT2D eigenvalue weighted by Gasteiger charge is 2.54. The number of hydrogen-bond acceptors (Lipinski definition) is 3. The molecule has 150 valence electrons. The van der Waals surface area contributed by atoms with Crippen molar-refractivity contribution in [1.29, 1.82) is 0 Å². The van der Waals surface area contributed by atoms with Gasteiger partial charge in [-0.15, -0.1) is 0 Å². The molecule has 2 fully saturated rings. The van der Waals surface area contributed by atoms with Crippen molar-refractivity contribution in [2.45, 2.75) is 31.6 Å². The molecule has 2 saturated carbocycles. The number of amides is 1. The van der Waals surface area contributed by atoms with Crippen LogP contribution in [0.2, 0.25) is 0 Å². The van der Waals surface area contributed by atoms with Crippen molar-refractivity contribution >= 4 is 12.1 Å². The lowest BCUT2D eigenvalue weighted by Crippen LogP contribution is -2.52. The van der Waals surface area contributed by atoms with Gasteiger partial charge in [0.2, 0.25) is 0 Å². The van der Waals surface area contributed by atoms with E-state index in [4.69, 9.17) is 4.74 Å². The van der Waals surface area contributed by atoms with Gasteiger partial charge in [0, 0.05) is 12.5 Å². The second-order valence-corrected chi connectivity index (χ2v) is 8.77. The number of carbonyl (C=O) groups excluding carboxylic acids is 1. The number of benzene rings is 2. The van der Waals surface area contributed by atoms with E-state index in [1.807, 2.05) is 24.3 Å². The first-order valence-electron chi connectivity index (χ1n) is 10.4. The summed E-state index contributed by atoms with van der Waals surface area (Å²) in [6.45, 7) is 0.382. The number of alkyl carbamates (subject to hydrolysis) is 1. The summed E-state index contributed by atoms with van der Waals surface area (Å²) in [7, 11) is 0. The molecule has 3 aliphatic rings. The Morgan fingerprint density at radius 2 is 1.55 bits per heavy atom. The van der Waals surface area contributed by atoms with Crippen LogP contribution >= 0.6 is 0 Å². The quantitative estimate of drug-likeness (QED) is 0.764. The molecule has 0 radical (unpaired) electrons. The third-order valence-corrected chi connectivity index (χ3v) is 6.96. The fourth-order valence-corrected chi connectivity index (χ4v) is 5.13. The molecule has 2 aromatic carbocycles. The maximum atomic E-state index is 12.3. The number of carboxylic acid groups (broad SMARTS) is 1. The molecule has 2 N–H and O–H groups in total. The van der Waals surface area contributed by atoms with Gasteiger partial charge in [0.05, 0.1) is 5.41 Å². The zero-order chi connectivity index (χ0) is 20.0. The number of ether oxygens (including phenoxy) is 1. The summed E-state index contributed by atoms with van der Waals surface area (Å²) < 4.78 is 5.53. The third kappa shape index (κ3) is 3.18. The number of fused-ring (bicyclic) bond motifs is 3. The maximum Gasteiger partial charge on any atom is 0.407 e. The lowest BCUT2D eigenvalue weighted by Gasteiger charge is -2.44. The predicted octanol–water partition coefficient (Wildman–Crippen LogP) is 4.42. The molecule has 3 aliphatic carbocycles. The lowest BCUT2D eigenvalue weighted by molar-refractivity contribution is -0.158. The molecule has 5 nitrogen and oxygen atoms in total. The largest absolute Gasteiger partial charge is 0.481 e. The maximum absolute atomic E-state index is 12.3. The summed E-state index contributed by atoms with van der Waals surface area (Å²) in [6, 6.07) is 16.4. The number of rotatable bonds is 6. The van der Waals surface area contributed by atoms with E-state index < -0.39 is 17.5 Å². The van der Waals surface area contributed by atoms with Crippen LogP contribution in [0.1, 0.15) is 42.7 Å². The van der Waals surface area contributed by atoms with Gasteiger partial charge in [-0.05, 0) is 59.8 Å². The Balaban J connectivity index is 1.21. The molecule has 0 unspecified atom stereocenters. The highest BCUT2D eigenvalue weighted by atomic mass is 16.5. The third-order valence-electron chi connectivity index (χ3n) is 6.96. The molecule has 0 spiro atoms. The van der Waals surface area contributed by atoms with Gasteiger partial charge in [0.1, 0.15) is 6.61 Å². The first-order chi connectivity index (χ1) is 14.1. The zero-order valence-electron chi connectivity index (χ0n) is 16.3.